The van der Waals surface area contributed by atoms with E-state index in [1.54, 1.807) is 0 Å². The van der Waals surface area contributed by atoms with Gasteiger partial charge in [-0.05, 0) is 11.1 Å². The molecule has 0 saturated carbocycles. The van der Waals surface area contributed by atoms with E-state index in [9.17, 15) is 14.9 Å². The highest BCUT2D eigenvalue weighted by molar-refractivity contribution is 5.85. The van der Waals surface area contributed by atoms with Crippen molar-refractivity contribution in [3.05, 3.63) is 53.1 Å². The highest BCUT2D eigenvalue weighted by Gasteiger charge is 2.35. The molecule has 1 aliphatic heterocycles. The average Bonchev–Trinajstić information content (AvgIpc) is 3.07. The van der Waals surface area contributed by atoms with Crippen LogP contribution in [0.4, 0.5) is 0 Å². The van der Waals surface area contributed by atoms with E-state index in [2.05, 4.69) is 4.98 Å². The summed E-state index contributed by atoms with van der Waals surface area (Å²) in [4.78, 5) is 30.3. The van der Waals surface area contributed by atoms with Crippen molar-refractivity contribution in [1.29, 1.82) is 10.5 Å². The number of carbonyl (C=O) groups excluding carboxylic acids is 2. The van der Waals surface area contributed by atoms with Gasteiger partial charge in [0.05, 0.1) is 13.4 Å². The van der Waals surface area contributed by atoms with E-state index >= 15 is 0 Å². The third kappa shape index (κ3) is 3.01. The maximum atomic E-state index is 12.9. The molecular formula is C18H15N5O3. The second-order valence-corrected chi connectivity index (χ2v) is 5.83. The van der Waals surface area contributed by atoms with Crippen LogP contribution in [0.15, 0.2) is 30.6 Å². The van der Waals surface area contributed by atoms with Crippen LogP contribution in [0, 0.1) is 22.7 Å². The second kappa shape index (κ2) is 7.08. The van der Waals surface area contributed by atoms with Gasteiger partial charge in [-0.15, -0.1) is 0 Å². The second-order valence-electron chi connectivity index (χ2n) is 5.83. The summed E-state index contributed by atoms with van der Waals surface area (Å²) in [5.41, 5.74) is 1.95. The molecule has 130 valence electrons. The zero-order chi connectivity index (χ0) is 18.7. The lowest BCUT2D eigenvalue weighted by molar-refractivity contribution is -0.154. The Morgan fingerprint density at radius 1 is 1.27 bits per heavy atom. The van der Waals surface area contributed by atoms with Gasteiger partial charge in [-0.2, -0.15) is 10.5 Å². The first kappa shape index (κ1) is 17.2. The molecule has 1 amide bonds. The van der Waals surface area contributed by atoms with Crippen molar-refractivity contribution in [2.24, 2.45) is 0 Å². The summed E-state index contributed by atoms with van der Waals surface area (Å²) in [6, 6.07) is 10.6. The van der Waals surface area contributed by atoms with Crippen LogP contribution in [0.5, 0.6) is 0 Å². The van der Waals surface area contributed by atoms with Gasteiger partial charge in [0.1, 0.15) is 24.7 Å². The SMILES string of the molecule is COC(=O)[C@H]1Cc2ccccc2CN1C(=O)Cn1cnc(C#N)c1C#N. The zero-order valence-electron chi connectivity index (χ0n) is 14.0. The Kier molecular flexibility index (Phi) is 4.68. The monoisotopic (exact) mass is 349 g/mol. The van der Waals surface area contributed by atoms with Gasteiger partial charge < -0.3 is 14.2 Å². The Morgan fingerprint density at radius 2 is 2.00 bits per heavy atom. The summed E-state index contributed by atoms with van der Waals surface area (Å²) in [6.45, 7) is 0.0870. The molecule has 0 unspecified atom stereocenters. The Balaban J connectivity index is 1.89. The van der Waals surface area contributed by atoms with Gasteiger partial charge in [0.2, 0.25) is 5.91 Å². The molecule has 0 fully saturated rings. The first-order valence-corrected chi connectivity index (χ1v) is 7.88. The Labute approximate surface area is 149 Å². The molecular weight excluding hydrogens is 334 g/mol. The van der Waals surface area contributed by atoms with Gasteiger partial charge in [0.15, 0.2) is 11.4 Å². The van der Waals surface area contributed by atoms with Crippen molar-refractivity contribution in [1.82, 2.24) is 14.5 Å². The molecule has 8 nitrogen and oxygen atoms in total. The summed E-state index contributed by atoms with van der Waals surface area (Å²) < 4.78 is 6.17. The molecule has 26 heavy (non-hydrogen) atoms. The van der Waals surface area contributed by atoms with Crippen molar-refractivity contribution in [3.63, 3.8) is 0 Å². The summed E-state index contributed by atoms with van der Waals surface area (Å²) in [6.07, 6.45) is 1.65. The minimum atomic E-state index is -0.730. The predicted molar refractivity (Wildman–Crippen MR) is 88.2 cm³/mol. The molecule has 1 aromatic heterocycles. The number of ether oxygens (including phenoxy) is 1. The number of fused-ring (bicyclic) bond motifs is 1. The first-order chi connectivity index (χ1) is 12.6. The van der Waals surface area contributed by atoms with Gasteiger partial charge in [0.25, 0.3) is 0 Å². The number of nitrogens with zero attached hydrogens (tertiary/aromatic N) is 5. The molecule has 0 aliphatic carbocycles. The molecule has 0 bridgehead atoms. The van der Waals surface area contributed by atoms with Crippen molar-refractivity contribution in [3.8, 4) is 12.1 Å². The van der Waals surface area contributed by atoms with E-state index in [1.807, 2.05) is 36.4 Å². The molecule has 0 radical (unpaired) electrons. The number of hydrogen-bond donors (Lipinski definition) is 0. The summed E-state index contributed by atoms with van der Waals surface area (Å²) in [5.74, 6) is -0.843. The number of nitriles is 2. The van der Waals surface area contributed by atoms with Gasteiger partial charge in [-0.25, -0.2) is 9.78 Å². The lowest BCUT2D eigenvalue weighted by Gasteiger charge is -2.35. The minimum Gasteiger partial charge on any atom is -0.467 e. The lowest BCUT2D eigenvalue weighted by atomic mass is 9.94. The van der Waals surface area contributed by atoms with E-state index < -0.39 is 12.0 Å². The van der Waals surface area contributed by atoms with E-state index in [4.69, 9.17) is 10.00 Å². The predicted octanol–water partition coefficient (Wildman–Crippen LogP) is 0.753. The van der Waals surface area contributed by atoms with Crippen LogP contribution in [-0.2, 0) is 33.8 Å². The van der Waals surface area contributed by atoms with E-state index in [0.29, 0.717) is 6.42 Å². The fourth-order valence-corrected chi connectivity index (χ4v) is 3.07. The van der Waals surface area contributed by atoms with Gasteiger partial charge in [0, 0.05) is 13.0 Å². The molecule has 3 rings (SSSR count). The topological polar surface area (TPSA) is 112 Å². The Morgan fingerprint density at radius 3 is 2.65 bits per heavy atom. The smallest absolute Gasteiger partial charge is 0.328 e. The molecule has 2 heterocycles. The van der Waals surface area contributed by atoms with Gasteiger partial charge in [-0.1, -0.05) is 24.3 Å². The number of esters is 1. The van der Waals surface area contributed by atoms with Crippen LogP contribution in [0.1, 0.15) is 22.5 Å². The molecule has 0 spiro atoms. The summed E-state index contributed by atoms with van der Waals surface area (Å²) in [7, 11) is 1.29. The molecule has 0 saturated heterocycles. The van der Waals surface area contributed by atoms with E-state index in [1.165, 1.54) is 22.9 Å². The van der Waals surface area contributed by atoms with Crippen LogP contribution in [0.3, 0.4) is 0 Å². The normalized spacial score (nSPS) is 15.5. The number of amides is 1. The van der Waals surface area contributed by atoms with Crippen LogP contribution < -0.4 is 0 Å². The average molecular weight is 349 g/mol. The number of methoxy groups -OCH3 is 1. The first-order valence-electron chi connectivity index (χ1n) is 7.88. The fourth-order valence-electron chi connectivity index (χ4n) is 3.07. The quantitative estimate of drug-likeness (QED) is 0.756. The number of benzene rings is 1. The number of imidazole rings is 1. The Bertz CT molecular complexity index is 950. The van der Waals surface area contributed by atoms with E-state index in [0.717, 1.165) is 11.1 Å². The third-order valence-electron chi connectivity index (χ3n) is 4.40. The lowest BCUT2D eigenvalue weighted by Crippen LogP contribution is -2.50. The van der Waals surface area contributed by atoms with Gasteiger partial charge >= 0.3 is 5.97 Å². The number of rotatable bonds is 3. The molecule has 1 aromatic carbocycles. The fraction of sp³-hybridized carbons (Fsp3) is 0.278. The van der Waals surface area contributed by atoms with Crippen LogP contribution in [0.2, 0.25) is 0 Å². The molecule has 0 N–H and O–H groups in total. The molecule has 1 atom stereocenters. The Hall–Kier alpha value is -3.65. The molecule has 2 aromatic rings. The highest BCUT2D eigenvalue weighted by atomic mass is 16.5. The zero-order valence-corrected chi connectivity index (χ0v) is 14.0. The minimum absolute atomic E-state index is 0.0212. The summed E-state index contributed by atoms with van der Waals surface area (Å²) >= 11 is 0. The number of carbonyl (C=O) groups is 2. The maximum Gasteiger partial charge on any atom is 0.328 e. The number of aromatic nitrogens is 2. The highest BCUT2D eigenvalue weighted by Crippen LogP contribution is 2.24. The standard InChI is InChI=1S/C18H15N5O3/c1-26-18(25)15-6-12-4-2-3-5-13(12)9-23(15)17(24)10-22-11-21-14(7-19)16(22)8-20/h2-5,11,15H,6,9-10H2,1H3/t15-/m1/s1. The summed E-state index contributed by atoms with van der Waals surface area (Å²) in [5, 5.41) is 18.2. The maximum absolute atomic E-state index is 12.9. The largest absolute Gasteiger partial charge is 0.467 e. The molecule has 1 aliphatic rings. The van der Waals surface area contributed by atoms with Crippen LogP contribution in [0.25, 0.3) is 0 Å². The van der Waals surface area contributed by atoms with Crippen molar-refractivity contribution >= 4 is 11.9 Å². The van der Waals surface area contributed by atoms with E-state index in [-0.39, 0.29) is 30.4 Å². The molecule has 8 heteroatoms. The van der Waals surface area contributed by atoms with Crippen LogP contribution in [-0.4, -0.2) is 39.5 Å². The van der Waals surface area contributed by atoms with Crippen molar-refractivity contribution in [2.45, 2.75) is 25.6 Å². The van der Waals surface area contributed by atoms with Crippen molar-refractivity contribution in [2.75, 3.05) is 7.11 Å². The number of hydrogen-bond acceptors (Lipinski definition) is 6. The van der Waals surface area contributed by atoms with Gasteiger partial charge in [-0.3, -0.25) is 4.79 Å². The van der Waals surface area contributed by atoms with Crippen LogP contribution >= 0.6 is 0 Å². The van der Waals surface area contributed by atoms with Crippen molar-refractivity contribution < 1.29 is 14.3 Å². The third-order valence-corrected chi connectivity index (χ3v) is 4.40.